The second-order valence-electron chi connectivity index (χ2n) is 14.0. The lowest BCUT2D eigenvalue weighted by molar-refractivity contribution is -0.137. The molecule has 0 radical (unpaired) electrons. The summed E-state index contributed by atoms with van der Waals surface area (Å²) in [4.78, 5) is 61.8. The summed E-state index contributed by atoms with van der Waals surface area (Å²) in [5.41, 5.74) is 6.49. The number of carbonyl (C=O) groups excluding carboxylic acids is 3. The van der Waals surface area contributed by atoms with Gasteiger partial charge in [0.2, 0.25) is 0 Å². The fourth-order valence-corrected chi connectivity index (χ4v) is 10.0. The highest BCUT2D eigenvalue weighted by Gasteiger charge is 2.54. The Morgan fingerprint density at radius 3 is 2.05 bits per heavy atom. The normalized spacial score (nSPS) is 31.3. The number of aromatic nitrogens is 11. The Bertz CT molecular complexity index is 2710. The smallest absolute Gasteiger partial charge is 0.412 e. The number of aryl methyl sites for hydroxylation is 1. The number of ether oxygens (including phenoxy) is 3. The number of imidazole rings is 2. The first kappa shape index (κ1) is 43.2. The highest BCUT2D eigenvalue weighted by atomic mass is 32.7. The number of fused-ring (bicyclic) bond motifs is 4. The molecule has 334 valence electrons. The number of carbonyl (C=O) groups is 3. The van der Waals surface area contributed by atoms with E-state index >= 15 is 8.78 Å². The van der Waals surface area contributed by atoms with Gasteiger partial charge in [-0.05, 0) is 0 Å². The lowest BCUT2D eigenvalue weighted by atomic mass is 10.1. The standard InChI is InChI=1S/C31H32F2N14O12P2S2/c32-19-23-15(56-29(19)46-12-39-21-25(34)35-10-37-27(21)46)8-54-61(52,63)59-24-16(9-55-60(51,62)58-23)57-30(20(24)33)47-13-40-22-26(36-11-38-28(22)47)41-31(50)53-5-1-4-44-6-14(42-43-44)7-45-17(48)2-3-18(45)49/h2-3,6,10-13,15-16,19-20,23-24,29-30H,1,4-5,7-9H2,(H,51,62)(H,52,63)(H2,34,35,37)(H,36,38,41,50)/t15?,16-,19-,20-,23-,24-,29-,30-,60-,61-/m1/s1. The maximum absolute atomic E-state index is 16.5. The zero-order chi connectivity index (χ0) is 44.2. The minimum absolute atomic E-state index is 0.00435. The van der Waals surface area contributed by atoms with Gasteiger partial charge in [-0.1, -0.05) is 29.7 Å². The monoisotopic (exact) mass is 956 g/mol. The molecule has 3 N–H and O–H groups in total. The van der Waals surface area contributed by atoms with Gasteiger partial charge in [-0.25, -0.2) is 52.6 Å². The fraction of sp³-hybridized carbons (Fsp3) is 0.452. The third kappa shape index (κ3) is 8.79. The van der Waals surface area contributed by atoms with Crippen molar-refractivity contribution in [3.05, 3.63) is 49.4 Å². The number of hydrogen-bond donors (Lipinski definition) is 4. The summed E-state index contributed by atoms with van der Waals surface area (Å²) < 4.78 is 103. The number of nitrogens with two attached hydrogens (primary N) is 1. The predicted molar refractivity (Wildman–Crippen MR) is 212 cm³/mol. The first-order valence-electron chi connectivity index (χ1n) is 18.5. The quantitative estimate of drug-likeness (QED) is 0.0713. The lowest BCUT2D eigenvalue weighted by Gasteiger charge is -2.28. The van der Waals surface area contributed by atoms with Crippen molar-refractivity contribution in [1.82, 2.24) is 58.9 Å². The molecule has 4 aliphatic heterocycles. The van der Waals surface area contributed by atoms with Gasteiger partial charge in [0.1, 0.15) is 48.3 Å². The molecule has 0 aliphatic carbocycles. The van der Waals surface area contributed by atoms with Gasteiger partial charge >= 0.3 is 19.7 Å². The van der Waals surface area contributed by atoms with E-state index in [2.05, 4.69) is 70.0 Å². The topological polar surface area (TPSA) is 309 Å². The highest BCUT2D eigenvalue weighted by molar-refractivity contribution is 8.44. The third-order valence-electron chi connectivity index (χ3n) is 9.93. The van der Waals surface area contributed by atoms with E-state index < -0.39 is 93.9 Å². The average molecular weight is 957 g/mol. The summed E-state index contributed by atoms with van der Waals surface area (Å²) in [5, 5.41) is 10.4. The number of alkyl halides is 2. The van der Waals surface area contributed by atoms with Crippen LogP contribution in [-0.2, 0) is 64.1 Å². The van der Waals surface area contributed by atoms with Crippen LogP contribution in [0.4, 0.5) is 25.2 Å². The Kier molecular flexibility index (Phi) is 11.8. The third-order valence-corrected chi connectivity index (χ3v) is 13.2. The first-order chi connectivity index (χ1) is 30.1. The Hall–Kier alpha value is -5.03. The maximum atomic E-state index is 16.5. The molecule has 3 amide bonds. The number of nitrogens with zero attached hydrogens (tertiary/aromatic N) is 12. The first-order valence-corrected chi connectivity index (χ1v) is 23.9. The summed E-state index contributed by atoms with van der Waals surface area (Å²) in [6.45, 7) is -10.3. The van der Waals surface area contributed by atoms with Crippen LogP contribution < -0.4 is 11.1 Å². The molecule has 3 saturated heterocycles. The minimum atomic E-state index is -4.52. The molecule has 9 heterocycles. The van der Waals surface area contributed by atoms with E-state index in [0.29, 0.717) is 12.1 Å². The predicted octanol–water partition coefficient (Wildman–Crippen LogP) is 2.27. The molecule has 0 saturated carbocycles. The van der Waals surface area contributed by atoms with Crippen molar-refractivity contribution in [2.24, 2.45) is 0 Å². The van der Waals surface area contributed by atoms with E-state index in [1.807, 2.05) is 0 Å². The molecule has 4 aliphatic rings. The van der Waals surface area contributed by atoms with Gasteiger partial charge in [-0.15, -0.1) is 5.10 Å². The van der Waals surface area contributed by atoms with Crippen LogP contribution in [0.25, 0.3) is 22.3 Å². The fourth-order valence-electron chi connectivity index (χ4n) is 7.04. The average Bonchev–Trinajstić information content (AvgIpc) is 4.11. The number of amides is 3. The van der Waals surface area contributed by atoms with Crippen molar-refractivity contribution < 1.29 is 64.6 Å². The van der Waals surface area contributed by atoms with Gasteiger partial charge in [-0.2, -0.15) is 0 Å². The van der Waals surface area contributed by atoms with Crippen molar-refractivity contribution >= 4 is 90.0 Å². The zero-order valence-corrected chi connectivity index (χ0v) is 35.4. The summed E-state index contributed by atoms with van der Waals surface area (Å²) in [6.07, 6.45) is -5.84. The zero-order valence-electron chi connectivity index (χ0n) is 31.8. The largest absolute Gasteiger partial charge is 0.449 e. The summed E-state index contributed by atoms with van der Waals surface area (Å²) in [7, 11) is 0. The summed E-state index contributed by atoms with van der Waals surface area (Å²) in [5.74, 6) is -0.982. The molecule has 0 aromatic carbocycles. The number of imide groups is 1. The van der Waals surface area contributed by atoms with Crippen LogP contribution in [0.1, 0.15) is 24.6 Å². The highest BCUT2D eigenvalue weighted by Crippen LogP contribution is 2.60. The second-order valence-corrected chi connectivity index (χ2v) is 19.8. The van der Waals surface area contributed by atoms with Gasteiger partial charge in [-0.3, -0.25) is 51.7 Å². The van der Waals surface area contributed by atoms with Crippen molar-refractivity contribution in [3.8, 4) is 0 Å². The van der Waals surface area contributed by atoms with Crippen LogP contribution >= 0.6 is 38.1 Å². The molecule has 3 fully saturated rings. The van der Waals surface area contributed by atoms with Gasteiger partial charge in [0, 0.05) is 25.1 Å². The molecule has 5 aromatic heterocycles. The number of thiol groups is 2. The van der Waals surface area contributed by atoms with Crippen molar-refractivity contribution in [2.75, 3.05) is 30.9 Å². The molecule has 32 heteroatoms. The molecule has 0 spiro atoms. The maximum Gasteiger partial charge on any atom is 0.412 e. The van der Waals surface area contributed by atoms with Gasteiger partial charge in [0.25, 0.3) is 11.8 Å². The van der Waals surface area contributed by atoms with Crippen LogP contribution in [0.2, 0.25) is 0 Å². The molecule has 9 rings (SSSR count). The van der Waals surface area contributed by atoms with Gasteiger partial charge < -0.3 is 19.9 Å². The molecular weight excluding hydrogens is 925 g/mol. The van der Waals surface area contributed by atoms with Gasteiger partial charge in [0.15, 0.2) is 53.2 Å². The minimum Gasteiger partial charge on any atom is -0.449 e. The van der Waals surface area contributed by atoms with Crippen LogP contribution in [0.15, 0.2) is 43.7 Å². The number of halogens is 2. The Morgan fingerprint density at radius 2 is 1.43 bits per heavy atom. The molecule has 10 atom stereocenters. The summed E-state index contributed by atoms with van der Waals surface area (Å²) >= 11 is 8.06. The van der Waals surface area contributed by atoms with E-state index in [4.69, 9.17) is 38.0 Å². The molecule has 0 bridgehead atoms. The van der Waals surface area contributed by atoms with Crippen LogP contribution in [0, 0.1) is 0 Å². The van der Waals surface area contributed by atoms with E-state index in [1.54, 1.807) is 6.20 Å². The number of anilines is 2. The van der Waals surface area contributed by atoms with Crippen molar-refractivity contribution in [3.63, 3.8) is 0 Å². The van der Waals surface area contributed by atoms with Crippen LogP contribution in [-0.4, -0.2) is 133 Å². The number of nitrogen functional groups attached to an aromatic ring is 1. The Balaban J connectivity index is 0.840. The number of nitrogens with one attached hydrogen (secondary N) is 1. The van der Waals surface area contributed by atoms with E-state index in [-0.39, 0.29) is 53.7 Å². The molecule has 1 unspecified atom stereocenters. The second kappa shape index (κ2) is 17.2. The molecule has 5 aromatic rings. The SMILES string of the molecule is Nc1ncnc2c1ncn2[C@@H]1OC2CO[P@@](=O)(S)O[C@H]3[C@@H](F)[C@H](n4cnc5c(NC(=O)OCCCn6cc(CN7C(=O)C=CC7=O)nn6)ncnc54)O[C@@H]3CO[P@@](=O)(S)O[C@H]2[C@H]1F. The lowest BCUT2D eigenvalue weighted by Crippen LogP contribution is -2.36. The summed E-state index contributed by atoms with van der Waals surface area (Å²) in [6, 6.07) is 0. The number of hydrogen-bond acceptors (Lipinski definition) is 21. The Labute approximate surface area is 361 Å². The molecule has 63 heavy (non-hydrogen) atoms. The van der Waals surface area contributed by atoms with E-state index in [0.717, 1.165) is 28.4 Å². The number of rotatable bonds is 9. The van der Waals surface area contributed by atoms with E-state index in [9.17, 15) is 23.5 Å². The van der Waals surface area contributed by atoms with E-state index in [1.165, 1.54) is 27.7 Å². The van der Waals surface area contributed by atoms with Crippen molar-refractivity contribution in [1.29, 1.82) is 0 Å². The van der Waals surface area contributed by atoms with Crippen LogP contribution in [0.3, 0.4) is 0 Å². The molecular formula is C31H32F2N14O12P2S2. The van der Waals surface area contributed by atoms with Crippen molar-refractivity contribution in [2.45, 2.75) is 68.7 Å². The van der Waals surface area contributed by atoms with Crippen LogP contribution in [0.5, 0.6) is 0 Å². The Morgan fingerprint density at radius 1 is 0.857 bits per heavy atom. The van der Waals surface area contributed by atoms with Gasteiger partial charge in [0.05, 0.1) is 45.2 Å². The molecule has 26 nitrogen and oxygen atoms in total.